The average Bonchev–Trinajstić information content (AvgIpc) is 2.84. The van der Waals surface area contributed by atoms with Gasteiger partial charge in [0.15, 0.2) is 5.43 Å². The van der Waals surface area contributed by atoms with E-state index < -0.39 is 5.91 Å². The highest BCUT2D eigenvalue weighted by Gasteiger charge is 2.24. The van der Waals surface area contributed by atoms with Crippen molar-refractivity contribution in [3.05, 3.63) is 111 Å². The number of hydrogen-bond acceptors (Lipinski definition) is 3. The number of benzene rings is 2. The number of amides is 1. The van der Waals surface area contributed by atoms with Gasteiger partial charge in [0, 0.05) is 29.3 Å². The molecule has 0 atom stereocenters. The number of carbonyl (C=O) groups excluding carboxylic acids is 1. The van der Waals surface area contributed by atoms with E-state index in [0.29, 0.717) is 11.4 Å². The highest BCUT2D eigenvalue weighted by atomic mass is 16.2. The number of nitrogens with zero attached hydrogens (tertiary/aromatic N) is 2. The lowest BCUT2D eigenvalue weighted by Gasteiger charge is -2.21. The van der Waals surface area contributed by atoms with Crippen LogP contribution in [0.3, 0.4) is 0 Å². The lowest BCUT2D eigenvalue weighted by Crippen LogP contribution is -2.27. The molecule has 2 heterocycles. The van der Waals surface area contributed by atoms with E-state index in [-0.39, 0.29) is 11.0 Å². The Balaban J connectivity index is 1.98. The van der Waals surface area contributed by atoms with Crippen molar-refractivity contribution in [2.45, 2.75) is 40.5 Å². The van der Waals surface area contributed by atoms with Crippen LogP contribution >= 0.6 is 0 Å². The molecule has 0 saturated heterocycles. The number of anilines is 1. The third-order valence-corrected chi connectivity index (χ3v) is 6.03. The van der Waals surface area contributed by atoms with Crippen LogP contribution in [0.5, 0.6) is 0 Å². The van der Waals surface area contributed by atoms with Crippen molar-refractivity contribution in [3.63, 3.8) is 0 Å². The minimum atomic E-state index is -0.428. The van der Waals surface area contributed by atoms with Crippen molar-refractivity contribution in [1.82, 2.24) is 9.55 Å². The molecule has 4 aromatic rings. The Morgan fingerprint density at radius 3 is 2.24 bits per heavy atom. The number of carbonyl (C=O) groups is 1. The van der Waals surface area contributed by atoms with Crippen molar-refractivity contribution in [2.24, 2.45) is 0 Å². The smallest absolute Gasteiger partial charge is 0.261 e. The number of pyridine rings is 2. The lowest BCUT2D eigenvalue weighted by molar-refractivity contribution is 0.102. The number of para-hydroxylation sites is 1. The first-order valence-corrected chi connectivity index (χ1v) is 11.6. The molecule has 0 aliphatic heterocycles. The molecule has 0 saturated carbocycles. The number of aromatic nitrogens is 2. The Morgan fingerprint density at radius 1 is 0.912 bits per heavy atom. The number of hydrogen-bond donors (Lipinski definition) is 1. The van der Waals surface area contributed by atoms with Gasteiger partial charge in [0.1, 0.15) is 5.56 Å². The fourth-order valence-electron chi connectivity index (χ4n) is 4.38. The summed E-state index contributed by atoms with van der Waals surface area (Å²) in [6, 6.07) is 21.0. The molecule has 0 aliphatic carbocycles. The molecule has 172 valence electrons. The molecule has 1 N–H and O–H groups in total. The van der Waals surface area contributed by atoms with Crippen LogP contribution in [0.2, 0.25) is 0 Å². The lowest BCUT2D eigenvalue weighted by atomic mass is 10.0. The van der Waals surface area contributed by atoms with Crippen LogP contribution in [0, 0.1) is 13.8 Å². The van der Waals surface area contributed by atoms with Crippen LogP contribution in [0.15, 0.2) is 77.7 Å². The maximum absolute atomic E-state index is 13.8. The SMILES string of the molecule is CCc1cccc(CC)c1NC(=O)c1c(-c2ccccn2)n(-c2cccc(C)c2)c(C)cc1=O. The summed E-state index contributed by atoms with van der Waals surface area (Å²) in [7, 11) is 0. The van der Waals surface area contributed by atoms with E-state index in [1.54, 1.807) is 6.20 Å². The largest absolute Gasteiger partial charge is 0.321 e. The topological polar surface area (TPSA) is 64.0 Å². The Hall–Kier alpha value is -3.99. The zero-order chi connectivity index (χ0) is 24.2. The second-order valence-electron chi connectivity index (χ2n) is 8.38. The van der Waals surface area contributed by atoms with Gasteiger partial charge in [0.2, 0.25) is 0 Å². The molecule has 0 radical (unpaired) electrons. The van der Waals surface area contributed by atoms with Gasteiger partial charge in [-0.15, -0.1) is 0 Å². The highest BCUT2D eigenvalue weighted by Crippen LogP contribution is 2.28. The second-order valence-corrected chi connectivity index (χ2v) is 8.38. The molecule has 5 nitrogen and oxygen atoms in total. The van der Waals surface area contributed by atoms with Crippen molar-refractivity contribution in [2.75, 3.05) is 5.32 Å². The van der Waals surface area contributed by atoms with E-state index in [0.717, 1.165) is 46.6 Å². The number of nitrogens with one attached hydrogen (secondary N) is 1. The summed E-state index contributed by atoms with van der Waals surface area (Å²) >= 11 is 0. The Bertz CT molecular complexity index is 1380. The first kappa shape index (κ1) is 23.2. The number of rotatable bonds is 6. The van der Waals surface area contributed by atoms with Gasteiger partial charge in [0.05, 0.1) is 11.4 Å². The van der Waals surface area contributed by atoms with Gasteiger partial charge in [-0.1, -0.05) is 50.2 Å². The maximum Gasteiger partial charge on any atom is 0.261 e. The molecule has 5 heteroatoms. The zero-order valence-electron chi connectivity index (χ0n) is 20.1. The first-order chi connectivity index (χ1) is 16.4. The Morgan fingerprint density at radius 2 is 1.62 bits per heavy atom. The van der Waals surface area contributed by atoms with Crippen LogP contribution in [0.25, 0.3) is 17.1 Å². The van der Waals surface area contributed by atoms with Gasteiger partial charge in [0.25, 0.3) is 5.91 Å². The molecule has 2 aromatic carbocycles. The van der Waals surface area contributed by atoms with Crippen molar-refractivity contribution in [3.8, 4) is 17.1 Å². The van der Waals surface area contributed by atoms with Crippen LogP contribution in [0.1, 0.15) is 46.6 Å². The van der Waals surface area contributed by atoms with Gasteiger partial charge in [-0.2, -0.15) is 0 Å². The standard InChI is InChI=1S/C29H29N3O2/c1-5-21-12-10-13-22(6-2)27(21)31-29(34)26-25(33)18-20(4)32(23-14-9-11-19(3)17-23)28(26)24-15-7-8-16-30-24/h7-18H,5-6H2,1-4H3,(H,31,34). The summed E-state index contributed by atoms with van der Waals surface area (Å²) in [5.41, 5.74) is 6.35. The van der Waals surface area contributed by atoms with Gasteiger partial charge in [-0.05, 0) is 67.6 Å². The molecule has 34 heavy (non-hydrogen) atoms. The zero-order valence-corrected chi connectivity index (χ0v) is 20.1. The molecule has 0 unspecified atom stereocenters. The van der Waals surface area contributed by atoms with E-state index in [1.807, 2.05) is 79.1 Å². The third kappa shape index (κ3) is 4.42. The fraction of sp³-hybridized carbons (Fsp3) is 0.207. The van der Waals surface area contributed by atoms with Crippen LogP contribution in [-0.2, 0) is 12.8 Å². The average molecular weight is 452 g/mol. The van der Waals surface area contributed by atoms with Gasteiger partial charge in [-0.3, -0.25) is 14.6 Å². The van der Waals surface area contributed by atoms with Crippen molar-refractivity contribution >= 4 is 11.6 Å². The van der Waals surface area contributed by atoms with E-state index in [9.17, 15) is 9.59 Å². The van der Waals surface area contributed by atoms with E-state index in [4.69, 9.17) is 0 Å². The summed E-state index contributed by atoms with van der Waals surface area (Å²) in [4.78, 5) is 31.6. The molecule has 0 fully saturated rings. The predicted octanol–water partition coefficient (Wildman–Crippen LogP) is 5.89. The quantitative estimate of drug-likeness (QED) is 0.397. The van der Waals surface area contributed by atoms with E-state index in [1.165, 1.54) is 6.07 Å². The van der Waals surface area contributed by atoms with Gasteiger partial charge >= 0.3 is 0 Å². The summed E-state index contributed by atoms with van der Waals surface area (Å²) in [6.07, 6.45) is 3.22. The van der Waals surface area contributed by atoms with Crippen LogP contribution in [-0.4, -0.2) is 15.5 Å². The van der Waals surface area contributed by atoms with Crippen molar-refractivity contribution in [1.29, 1.82) is 0 Å². The van der Waals surface area contributed by atoms with Crippen LogP contribution < -0.4 is 10.7 Å². The van der Waals surface area contributed by atoms with E-state index in [2.05, 4.69) is 24.1 Å². The predicted molar refractivity (Wildman–Crippen MR) is 138 cm³/mol. The molecule has 2 aromatic heterocycles. The summed E-state index contributed by atoms with van der Waals surface area (Å²) < 4.78 is 1.94. The second kappa shape index (κ2) is 9.87. The monoisotopic (exact) mass is 451 g/mol. The summed E-state index contributed by atoms with van der Waals surface area (Å²) in [5, 5.41) is 3.08. The number of aryl methyl sites for hydroxylation is 4. The normalized spacial score (nSPS) is 10.8. The molecule has 0 spiro atoms. The highest BCUT2D eigenvalue weighted by molar-refractivity contribution is 6.08. The molecular weight excluding hydrogens is 422 g/mol. The summed E-state index contributed by atoms with van der Waals surface area (Å²) in [5.74, 6) is -0.428. The van der Waals surface area contributed by atoms with Crippen molar-refractivity contribution < 1.29 is 4.79 Å². The van der Waals surface area contributed by atoms with E-state index >= 15 is 0 Å². The van der Waals surface area contributed by atoms with Gasteiger partial charge in [-0.25, -0.2) is 0 Å². The molecule has 0 aliphatic rings. The van der Waals surface area contributed by atoms with Crippen LogP contribution in [0.4, 0.5) is 5.69 Å². The third-order valence-electron chi connectivity index (χ3n) is 6.03. The molecule has 1 amide bonds. The molecular formula is C29H29N3O2. The maximum atomic E-state index is 13.8. The molecule has 0 bridgehead atoms. The molecule has 4 rings (SSSR count). The Labute approximate surface area is 200 Å². The minimum Gasteiger partial charge on any atom is -0.321 e. The Kier molecular flexibility index (Phi) is 6.73. The minimum absolute atomic E-state index is 0.0822. The summed E-state index contributed by atoms with van der Waals surface area (Å²) in [6.45, 7) is 8.00. The fourth-order valence-corrected chi connectivity index (χ4v) is 4.38. The first-order valence-electron chi connectivity index (χ1n) is 11.6. The van der Waals surface area contributed by atoms with Gasteiger partial charge < -0.3 is 9.88 Å².